The van der Waals surface area contributed by atoms with Gasteiger partial charge in [-0.15, -0.1) is 0 Å². The highest BCUT2D eigenvalue weighted by atomic mass is 32.2. The van der Waals surface area contributed by atoms with E-state index < -0.39 is 21.7 Å². The monoisotopic (exact) mass is 359 g/mol. The Kier molecular flexibility index (Phi) is 4.72. The molecule has 2 aromatic rings. The summed E-state index contributed by atoms with van der Waals surface area (Å²) in [6.45, 7) is 1.94. The van der Waals surface area contributed by atoms with Gasteiger partial charge in [0.25, 0.3) is 0 Å². The zero-order chi connectivity index (χ0) is 18.0. The number of rotatable bonds is 4. The Hall–Kier alpha value is -2.47. The van der Waals surface area contributed by atoms with Crippen molar-refractivity contribution in [2.45, 2.75) is 19.4 Å². The molecular formula is C19H18FNO3S. The molecule has 0 fully saturated rings. The molecule has 6 heteroatoms. The molecule has 1 heterocycles. The number of benzene rings is 2. The van der Waals surface area contributed by atoms with Crippen molar-refractivity contribution < 1.29 is 17.6 Å². The van der Waals surface area contributed by atoms with Crippen LogP contribution < -0.4 is 4.90 Å². The fourth-order valence-electron chi connectivity index (χ4n) is 2.92. The zero-order valence-corrected chi connectivity index (χ0v) is 14.5. The number of anilines is 1. The Labute approximate surface area is 146 Å². The maximum Gasteiger partial charge on any atom is 0.231 e. The van der Waals surface area contributed by atoms with E-state index in [1.54, 1.807) is 0 Å². The van der Waals surface area contributed by atoms with Crippen molar-refractivity contribution in [1.29, 1.82) is 0 Å². The minimum Gasteiger partial charge on any atom is -0.304 e. The highest BCUT2D eigenvalue weighted by Gasteiger charge is 2.31. The van der Waals surface area contributed by atoms with E-state index in [0.29, 0.717) is 5.69 Å². The van der Waals surface area contributed by atoms with Gasteiger partial charge in [-0.2, -0.15) is 0 Å². The van der Waals surface area contributed by atoms with E-state index in [4.69, 9.17) is 0 Å². The second kappa shape index (κ2) is 6.80. The number of carbonyl (C=O) groups is 1. The summed E-state index contributed by atoms with van der Waals surface area (Å²) in [5, 5.41) is 1.13. The topological polar surface area (TPSA) is 54.5 Å². The van der Waals surface area contributed by atoms with Crippen LogP contribution in [-0.4, -0.2) is 26.1 Å². The van der Waals surface area contributed by atoms with E-state index in [9.17, 15) is 17.6 Å². The molecule has 1 atom stereocenters. The van der Waals surface area contributed by atoms with Crippen LogP contribution in [0.3, 0.4) is 0 Å². The van der Waals surface area contributed by atoms with Crippen LogP contribution in [0.1, 0.15) is 11.1 Å². The van der Waals surface area contributed by atoms with E-state index in [1.165, 1.54) is 35.2 Å². The summed E-state index contributed by atoms with van der Waals surface area (Å²) in [7, 11) is -3.32. The summed E-state index contributed by atoms with van der Waals surface area (Å²) >= 11 is 0. The third kappa shape index (κ3) is 4.14. The lowest BCUT2D eigenvalue weighted by molar-refractivity contribution is -0.118. The molecule has 0 saturated carbocycles. The van der Waals surface area contributed by atoms with Crippen LogP contribution in [0, 0.1) is 12.7 Å². The largest absolute Gasteiger partial charge is 0.304 e. The van der Waals surface area contributed by atoms with Gasteiger partial charge in [0.2, 0.25) is 5.91 Å². The second-order valence-corrected chi connectivity index (χ2v) is 8.06. The molecular weight excluding hydrogens is 341 g/mol. The lowest BCUT2D eigenvalue weighted by atomic mass is 10.1. The Morgan fingerprint density at radius 2 is 1.92 bits per heavy atom. The predicted octanol–water partition coefficient (Wildman–Crippen LogP) is 3.02. The molecule has 0 spiro atoms. The minimum atomic E-state index is -3.32. The highest BCUT2D eigenvalue weighted by Crippen LogP contribution is 2.24. The van der Waals surface area contributed by atoms with E-state index in [0.717, 1.165) is 16.5 Å². The van der Waals surface area contributed by atoms with Crippen molar-refractivity contribution in [2.24, 2.45) is 0 Å². The van der Waals surface area contributed by atoms with Gasteiger partial charge in [-0.3, -0.25) is 4.79 Å². The molecule has 25 heavy (non-hydrogen) atoms. The third-order valence-corrected chi connectivity index (χ3v) is 5.43. The van der Waals surface area contributed by atoms with Gasteiger partial charge in [0, 0.05) is 11.1 Å². The first-order valence-electron chi connectivity index (χ1n) is 7.88. The SMILES string of the molecule is Cc1cccc(CC(=O)N(c2ccc(F)cc2)[C@H]2C=CS(=O)(=O)C2)c1. The Bertz CT molecular complexity index is 920. The number of amides is 1. The smallest absolute Gasteiger partial charge is 0.231 e. The standard InChI is InChI=1S/C19H18FNO3S/c1-14-3-2-4-15(11-14)12-19(22)21(17-7-5-16(20)6-8-17)18-9-10-25(23,24)13-18/h2-11,18H,12-13H2,1H3/t18-/m0/s1. The number of halogens is 1. The normalized spacial score (nSPS) is 18.2. The van der Waals surface area contributed by atoms with E-state index in [-0.39, 0.29) is 18.1 Å². The molecule has 0 unspecified atom stereocenters. The number of sulfone groups is 1. The van der Waals surface area contributed by atoms with E-state index in [1.807, 2.05) is 31.2 Å². The van der Waals surface area contributed by atoms with Crippen LogP contribution in [0.15, 0.2) is 60.0 Å². The average molecular weight is 359 g/mol. The predicted molar refractivity (Wildman–Crippen MR) is 95.5 cm³/mol. The lowest BCUT2D eigenvalue weighted by Gasteiger charge is -2.28. The van der Waals surface area contributed by atoms with E-state index >= 15 is 0 Å². The van der Waals surface area contributed by atoms with Gasteiger partial charge in [0.1, 0.15) is 5.82 Å². The Morgan fingerprint density at radius 3 is 2.52 bits per heavy atom. The fraction of sp³-hybridized carbons (Fsp3) is 0.211. The van der Waals surface area contributed by atoms with Gasteiger partial charge in [-0.25, -0.2) is 12.8 Å². The quantitative estimate of drug-likeness (QED) is 0.843. The number of hydrogen-bond acceptors (Lipinski definition) is 3. The average Bonchev–Trinajstić information content (AvgIpc) is 2.89. The summed E-state index contributed by atoms with van der Waals surface area (Å²) in [6, 6.07) is 12.5. The van der Waals surface area contributed by atoms with Crippen LogP contribution in [0.4, 0.5) is 10.1 Å². The van der Waals surface area contributed by atoms with Gasteiger partial charge < -0.3 is 4.90 Å². The van der Waals surface area contributed by atoms with Crippen LogP contribution in [0.25, 0.3) is 0 Å². The second-order valence-electron chi connectivity index (χ2n) is 6.13. The van der Waals surface area contributed by atoms with Crippen molar-refractivity contribution in [3.8, 4) is 0 Å². The first kappa shape index (κ1) is 17.4. The van der Waals surface area contributed by atoms with Gasteiger partial charge in [0.15, 0.2) is 9.84 Å². The third-order valence-electron chi connectivity index (χ3n) is 4.05. The van der Waals surface area contributed by atoms with Crippen molar-refractivity contribution >= 4 is 21.4 Å². The van der Waals surface area contributed by atoms with Crippen molar-refractivity contribution in [1.82, 2.24) is 0 Å². The molecule has 0 bridgehead atoms. The van der Waals surface area contributed by atoms with Crippen LogP contribution in [0.2, 0.25) is 0 Å². The molecule has 1 aliphatic rings. The fourth-order valence-corrected chi connectivity index (χ4v) is 4.19. The number of carbonyl (C=O) groups excluding carboxylic acids is 1. The number of aryl methyl sites for hydroxylation is 1. The molecule has 1 amide bonds. The van der Waals surface area contributed by atoms with Gasteiger partial charge >= 0.3 is 0 Å². The van der Waals surface area contributed by atoms with Crippen LogP contribution >= 0.6 is 0 Å². The number of nitrogens with zero attached hydrogens (tertiary/aromatic N) is 1. The summed E-state index contributed by atoms with van der Waals surface area (Å²) in [4.78, 5) is 14.3. The van der Waals surface area contributed by atoms with Gasteiger partial charge in [-0.1, -0.05) is 29.8 Å². The van der Waals surface area contributed by atoms with Crippen LogP contribution in [0.5, 0.6) is 0 Å². The molecule has 1 aliphatic heterocycles. The van der Waals surface area contributed by atoms with Crippen molar-refractivity contribution in [2.75, 3.05) is 10.7 Å². The van der Waals surface area contributed by atoms with Crippen molar-refractivity contribution in [3.63, 3.8) is 0 Å². The molecule has 3 rings (SSSR count). The van der Waals surface area contributed by atoms with Crippen molar-refractivity contribution in [3.05, 3.63) is 77.0 Å². The minimum absolute atomic E-state index is 0.142. The summed E-state index contributed by atoms with van der Waals surface area (Å²) in [5.74, 6) is -0.808. The number of hydrogen-bond donors (Lipinski definition) is 0. The van der Waals surface area contributed by atoms with Crippen LogP contribution in [-0.2, 0) is 21.1 Å². The zero-order valence-electron chi connectivity index (χ0n) is 13.7. The summed E-state index contributed by atoms with van der Waals surface area (Å²) < 4.78 is 36.8. The maximum atomic E-state index is 13.2. The molecule has 0 saturated heterocycles. The maximum absolute atomic E-state index is 13.2. The molecule has 2 aromatic carbocycles. The Morgan fingerprint density at radius 1 is 1.20 bits per heavy atom. The van der Waals surface area contributed by atoms with Gasteiger partial charge in [0.05, 0.1) is 18.2 Å². The molecule has 130 valence electrons. The molecule has 4 nitrogen and oxygen atoms in total. The Balaban J connectivity index is 1.92. The molecule has 0 aromatic heterocycles. The molecule has 0 N–H and O–H groups in total. The summed E-state index contributed by atoms with van der Waals surface area (Å²) in [5.41, 5.74) is 2.37. The first-order chi connectivity index (χ1) is 11.8. The van der Waals surface area contributed by atoms with Gasteiger partial charge in [-0.05, 0) is 42.8 Å². The summed E-state index contributed by atoms with van der Waals surface area (Å²) in [6.07, 6.45) is 1.65. The molecule has 0 aliphatic carbocycles. The lowest BCUT2D eigenvalue weighted by Crippen LogP contribution is -2.42. The molecule has 0 radical (unpaired) electrons. The first-order valence-corrected chi connectivity index (χ1v) is 9.60. The highest BCUT2D eigenvalue weighted by molar-refractivity contribution is 7.94. The van der Waals surface area contributed by atoms with E-state index in [2.05, 4.69) is 0 Å².